The molecule has 0 bridgehead atoms. The van der Waals surface area contributed by atoms with E-state index in [2.05, 4.69) is 29.2 Å². The molecule has 2 heterocycles. The lowest BCUT2D eigenvalue weighted by Gasteiger charge is -2.41. The van der Waals surface area contributed by atoms with Crippen molar-refractivity contribution in [2.45, 2.75) is 24.7 Å². The number of hydrogen-bond acceptors (Lipinski definition) is 3. The normalized spacial score (nSPS) is 23.7. The number of allylic oxidation sites excluding steroid dienone is 2. The summed E-state index contributed by atoms with van der Waals surface area (Å²) in [7, 11) is 0. The Bertz CT molecular complexity index is 885. The van der Waals surface area contributed by atoms with Crippen molar-refractivity contribution in [1.29, 1.82) is 0 Å². The van der Waals surface area contributed by atoms with Crippen LogP contribution in [0.25, 0.3) is 5.57 Å². The summed E-state index contributed by atoms with van der Waals surface area (Å²) in [4.78, 5) is 13.1. The molecule has 1 spiro atoms. The molecule has 2 aromatic rings. The zero-order valence-electron chi connectivity index (χ0n) is 13.4. The Kier molecular flexibility index (Phi) is 2.70. The lowest BCUT2D eigenvalue weighted by Crippen LogP contribution is -2.38. The average Bonchev–Trinajstić information content (AvgIpc) is 3.34. The SMILES string of the molecule is O=[N+]([O-])c1ccc(C2=CC23CCN2CCCc4cccc3c42)cc1. The van der Waals surface area contributed by atoms with Crippen LogP contribution in [0.5, 0.6) is 0 Å². The summed E-state index contributed by atoms with van der Waals surface area (Å²) in [5.74, 6) is 0. The monoisotopic (exact) mass is 318 g/mol. The van der Waals surface area contributed by atoms with E-state index < -0.39 is 0 Å². The van der Waals surface area contributed by atoms with Crippen molar-refractivity contribution in [3.63, 3.8) is 0 Å². The molecule has 0 fully saturated rings. The van der Waals surface area contributed by atoms with E-state index in [1.54, 1.807) is 12.1 Å². The van der Waals surface area contributed by atoms with Crippen LogP contribution < -0.4 is 4.90 Å². The van der Waals surface area contributed by atoms with Gasteiger partial charge in [0.15, 0.2) is 0 Å². The maximum Gasteiger partial charge on any atom is 0.269 e. The van der Waals surface area contributed by atoms with Crippen LogP contribution in [0.15, 0.2) is 48.5 Å². The van der Waals surface area contributed by atoms with Crippen molar-refractivity contribution in [1.82, 2.24) is 0 Å². The number of non-ortho nitro benzene ring substituents is 1. The fourth-order valence-corrected chi connectivity index (χ4v) is 4.51. The van der Waals surface area contributed by atoms with E-state index >= 15 is 0 Å². The summed E-state index contributed by atoms with van der Waals surface area (Å²) >= 11 is 0. The first-order valence-corrected chi connectivity index (χ1v) is 8.54. The number of nitro groups is 1. The molecule has 5 rings (SSSR count). The highest BCUT2D eigenvalue weighted by atomic mass is 16.6. The largest absolute Gasteiger partial charge is 0.371 e. The number of hydrogen-bond donors (Lipinski definition) is 0. The van der Waals surface area contributed by atoms with Gasteiger partial charge < -0.3 is 4.90 Å². The number of fused-ring (bicyclic) bond motifs is 1. The molecule has 24 heavy (non-hydrogen) atoms. The van der Waals surface area contributed by atoms with Gasteiger partial charge in [-0.2, -0.15) is 0 Å². The van der Waals surface area contributed by atoms with Gasteiger partial charge in [-0.1, -0.05) is 24.3 Å². The van der Waals surface area contributed by atoms with Gasteiger partial charge >= 0.3 is 0 Å². The molecule has 3 aliphatic rings. The molecule has 0 amide bonds. The summed E-state index contributed by atoms with van der Waals surface area (Å²) in [5.41, 5.74) is 7.00. The highest BCUT2D eigenvalue weighted by molar-refractivity contribution is 5.94. The number of aryl methyl sites for hydroxylation is 1. The molecule has 120 valence electrons. The van der Waals surface area contributed by atoms with Crippen molar-refractivity contribution >= 4 is 16.9 Å². The van der Waals surface area contributed by atoms with Crippen LogP contribution in [0.2, 0.25) is 0 Å². The van der Waals surface area contributed by atoms with Crippen molar-refractivity contribution in [3.05, 3.63) is 75.3 Å². The van der Waals surface area contributed by atoms with Crippen molar-refractivity contribution in [2.75, 3.05) is 18.0 Å². The van der Waals surface area contributed by atoms with Gasteiger partial charge in [0.2, 0.25) is 0 Å². The smallest absolute Gasteiger partial charge is 0.269 e. The molecule has 4 heteroatoms. The number of rotatable bonds is 2. The van der Waals surface area contributed by atoms with Gasteiger partial charge in [0.25, 0.3) is 5.69 Å². The molecule has 0 saturated carbocycles. The van der Waals surface area contributed by atoms with Crippen molar-refractivity contribution in [3.8, 4) is 0 Å². The van der Waals surface area contributed by atoms with Crippen molar-refractivity contribution in [2.24, 2.45) is 0 Å². The van der Waals surface area contributed by atoms with Gasteiger partial charge in [0, 0.05) is 36.3 Å². The zero-order valence-corrected chi connectivity index (χ0v) is 13.4. The van der Waals surface area contributed by atoms with Crippen LogP contribution in [-0.4, -0.2) is 18.0 Å². The maximum atomic E-state index is 10.9. The van der Waals surface area contributed by atoms with E-state index in [0.29, 0.717) is 0 Å². The Hall–Kier alpha value is -2.62. The van der Waals surface area contributed by atoms with E-state index in [-0.39, 0.29) is 16.0 Å². The first-order valence-electron chi connectivity index (χ1n) is 8.54. The minimum Gasteiger partial charge on any atom is -0.371 e. The average molecular weight is 318 g/mol. The topological polar surface area (TPSA) is 46.4 Å². The molecular formula is C20H18N2O2. The molecule has 0 radical (unpaired) electrons. The van der Waals surface area contributed by atoms with Crippen LogP contribution in [0.3, 0.4) is 0 Å². The Morgan fingerprint density at radius 1 is 1.08 bits per heavy atom. The number of nitro benzene ring substituents is 1. The third kappa shape index (κ3) is 1.80. The van der Waals surface area contributed by atoms with Crippen LogP contribution in [-0.2, 0) is 11.8 Å². The van der Waals surface area contributed by atoms with Crippen molar-refractivity contribution < 1.29 is 4.92 Å². The number of nitrogens with zero attached hydrogens (tertiary/aromatic N) is 2. The second kappa shape index (κ2) is 4.69. The number of anilines is 1. The quantitative estimate of drug-likeness (QED) is 0.619. The predicted octanol–water partition coefficient (Wildman–Crippen LogP) is 4.09. The first kappa shape index (κ1) is 13.8. The van der Waals surface area contributed by atoms with E-state index in [0.717, 1.165) is 25.1 Å². The highest BCUT2D eigenvalue weighted by Gasteiger charge is 2.50. The first-order chi connectivity index (χ1) is 11.7. The third-order valence-corrected chi connectivity index (χ3v) is 5.74. The molecule has 4 nitrogen and oxygen atoms in total. The third-order valence-electron chi connectivity index (χ3n) is 5.74. The van der Waals surface area contributed by atoms with Gasteiger partial charge in [0.05, 0.1) is 4.92 Å². The van der Waals surface area contributed by atoms with Crippen LogP contribution in [0.4, 0.5) is 11.4 Å². The van der Waals surface area contributed by atoms with Gasteiger partial charge in [0.1, 0.15) is 0 Å². The Morgan fingerprint density at radius 2 is 1.92 bits per heavy atom. The Labute approximate surface area is 140 Å². The molecular weight excluding hydrogens is 300 g/mol. The summed E-state index contributed by atoms with van der Waals surface area (Å²) < 4.78 is 0. The fourth-order valence-electron chi connectivity index (χ4n) is 4.51. The molecule has 2 aliphatic heterocycles. The fraction of sp³-hybridized carbons (Fsp3) is 0.300. The van der Waals surface area contributed by atoms with E-state index in [1.165, 1.54) is 35.2 Å². The molecule has 1 atom stereocenters. The molecule has 2 aromatic carbocycles. The minimum absolute atomic E-state index is 0.0509. The summed E-state index contributed by atoms with van der Waals surface area (Å²) in [6.07, 6.45) is 5.88. The Morgan fingerprint density at radius 3 is 2.71 bits per heavy atom. The maximum absolute atomic E-state index is 10.9. The van der Waals surface area contributed by atoms with Gasteiger partial charge in [-0.25, -0.2) is 0 Å². The van der Waals surface area contributed by atoms with E-state index in [1.807, 2.05) is 12.1 Å². The number of para-hydroxylation sites is 1. The standard InChI is InChI=1S/C20H18N2O2/c23-22(24)16-8-6-14(7-9-16)18-13-20(18)10-12-21-11-2-4-15-3-1-5-17(20)19(15)21/h1,3,5-9,13H,2,4,10-12H2. The second-order valence-electron chi connectivity index (χ2n) is 6.99. The molecule has 0 saturated heterocycles. The molecule has 0 aromatic heterocycles. The summed E-state index contributed by atoms with van der Waals surface area (Å²) in [6, 6.07) is 13.7. The van der Waals surface area contributed by atoms with Crippen LogP contribution >= 0.6 is 0 Å². The Balaban J connectivity index is 1.54. The predicted molar refractivity (Wildman–Crippen MR) is 94.3 cm³/mol. The van der Waals surface area contributed by atoms with Gasteiger partial charge in [-0.15, -0.1) is 0 Å². The van der Waals surface area contributed by atoms with Crippen LogP contribution in [0, 0.1) is 10.1 Å². The molecule has 1 aliphatic carbocycles. The summed E-state index contributed by atoms with van der Waals surface area (Å²) in [5, 5.41) is 10.9. The highest BCUT2D eigenvalue weighted by Crippen LogP contribution is 2.60. The zero-order chi connectivity index (χ0) is 16.3. The molecule has 0 N–H and O–H groups in total. The lowest BCUT2D eigenvalue weighted by molar-refractivity contribution is -0.384. The van der Waals surface area contributed by atoms with E-state index in [9.17, 15) is 10.1 Å². The lowest BCUT2D eigenvalue weighted by atomic mass is 9.78. The summed E-state index contributed by atoms with van der Waals surface area (Å²) in [6.45, 7) is 2.25. The van der Waals surface area contributed by atoms with Gasteiger partial charge in [-0.3, -0.25) is 10.1 Å². The van der Waals surface area contributed by atoms with Crippen LogP contribution in [0.1, 0.15) is 29.5 Å². The van der Waals surface area contributed by atoms with E-state index in [4.69, 9.17) is 0 Å². The van der Waals surface area contributed by atoms with Gasteiger partial charge in [-0.05, 0) is 53.7 Å². The minimum atomic E-state index is -0.340. The number of benzene rings is 2. The second-order valence-corrected chi connectivity index (χ2v) is 6.99. The molecule has 1 unspecified atom stereocenters.